The zero-order valence-electron chi connectivity index (χ0n) is 13.0. The number of amides is 1. The third-order valence-electron chi connectivity index (χ3n) is 2.26. The predicted molar refractivity (Wildman–Crippen MR) is 84.5 cm³/mol. The second-order valence-corrected chi connectivity index (χ2v) is 5.45. The van der Waals surface area contributed by atoms with Crippen LogP contribution in [-0.2, 0) is 14.3 Å². The molecule has 0 aliphatic carbocycles. The number of nitrogens with two attached hydrogens (primary N) is 1. The minimum absolute atomic E-state index is 0. The van der Waals surface area contributed by atoms with Crippen LogP contribution in [0.1, 0.15) is 40.0 Å². The third-order valence-corrected chi connectivity index (χ3v) is 2.26. The largest absolute Gasteiger partial charge is 0.460 e. The highest BCUT2D eigenvalue weighted by Gasteiger charge is 2.16. The first-order valence-corrected chi connectivity index (χ1v) is 6.76. The molecule has 0 aliphatic heterocycles. The van der Waals surface area contributed by atoms with Crippen LogP contribution in [0.5, 0.6) is 0 Å². The van der Waals surface area contributed by atoms with Gasteiger partial charge in [-0.2, -0.15) is 0 Å². The number of ether oxygens (including phenoxy) is 2. The Kier molecular flexibility index (Phi) is 11.9. The Morgan fingerprint density at radius 1 is 1.33 bits per heavy atom. The van der Waals surface area contributed by atoms with Crippen molar-refractivity contribution in [3.63, 3.8) is 0 Å². The highest BCUT2D eigenvalue weighted by Crippen LogP contribution is 2.06. The van der Waals surface area contributed by atoms with Crippen LogP contribution in [0, 0.1) is 0 Å². The lowest BCUT2D eigenvalue weighted by atomic mass is 10.1. The molecule has 1 unspecified atom stereocenters. The third kappa shape index (κ3) is 13.5. The molecule has 6 nitrogen and oxygen atoms in total. The van der Waals surface area contributed by atoms with Crippen molar-refractivity contribution in [2.45, 2.75) is 51.7 Å². The summed E-state index contributed by atoms with van der Waals surface area (Å²) in [4.78, 5) is 22.7. The molecule has 0 aromatic rings. The zero-order chi connectivity index (χ0) is 15.6. The summed E-state index contributed by atoms with van der Waals surface area (Å²) in [7, 11) is 0. The number of hydrogen-bond donors (Lipinski definition) is 2. The summed E-state index contributed by atoms with van der Waals surface area (Å²) in [6.45, 7) is 9.53. The molecule has 7 heteroatoms. The molecule has 0 rings (SSSR count). The number of halogens is 1. The summed E-state index contributed by atoms with van der Waals surface area (Å²) in [6.07, 6.45) is 3.02. The number of unbranched alkanes of at least 4 members (excludes halogenated alkanes) is 1. The van der Waals surface area contributed by atoms with Crippen molar-refractivity contribution in [2.24, 2.45) is 5.73 Å². The molecule has 0 heterocycles. The van der Waals surface area contributed by atoms with E-state index in [1.807, 2.05) is 0 Å². The molecule has 0 aromatic heterocycles. The van der Waals surface area contributed by atoms with E-state index in [-0.39, 0.29) is 19.0 Å². The molecule has 1 amide bonds. The quantitative estimate of drug-likeness (QED) is 0.406. The Labute approximate surface area is 132 Å². The molecule has 0 fully saturated rings. The summed E-state index contributed by atoms with van der Waals surface area (Å²) >= 11 is 0. The monoisotopic (exact) mass is 322 g/mol. The van der Waals surface area contributed by atoms with Crippen molar-refractivity contribution in [2.75, 3.05) is 13.2 Å². The lowest BCUT2D eigenvalue weighted by Gasteiger charge is -2.19. The number of esters is 1. The van der Waals surface area contributed by atoms with Crippen LogP contribution in [0.4, 0.5) is 4.79 Å². The van der Waals surface area contributed by atoms with Crippen molar-refractivity contribution in [1.82, 2.24) is 5.32 Å². The van der Waals surface area contributed by atoms with Crippen LogP contribution >= 0.6 is 12.4 Å². The molecule has 0 saturated carbocycles. The van der Waals surface area contributed by atoms with Gasteiger partial charge in [-0.1, -0.05) is 12.7 Å². The first kappa shape index (κ1) is 22.0. The Morgan fingerprint density at radius 2 is 1.95 bits per heavy atom. The van der Waals surface area contributed by atoms with E-state index in [1.54, 1.807) is 20.8 Å². The molecule has 0 spiro atoms. The number of hydrogen-bond acceptors (Lipinski definition) is 5. The topological polar surface area (TPSA) is 90.6 Å². The second kappa shape index (κ2) is 11.4. The van der Waals surface area contributed by atoms with Gasteiger partial charge in [0.25, 0.3) is 0 Å². The average molecular weight is 323 g/mol. The fraction of sp³-hybridized carbons (Fsp3) is 0.714. The van der Waals surface area contributed by atoms with Crippen LogP contribution in [0.25, 0.3) is 0 Å². The highest BCUT2D eigenvalue weighted by molar-refractivity contribution is 5.85. The smallest absolute Gasteiger partial charge is 0.407 e. The predicted octanol–water partition coefficient (Wildman–Crippen LogP) is 2.16. The molecule has 0 aromatic carbocycles. The minimum Gasteiger partial charge on any atom is -0.460 e. The van der Waals surface area contributed by atoms with Crippen LogP contribution in [-0.4, -0.2) is 36.9 Å². The lowest BCUT2D eigenvalue weighted by molar-refractivity contribution is -0.144. The molecule has 21 heavy (non-hydrogen) atoms. The Hall–Kier alpha value is -1.27. The van der Waals surface area contributed by atoms with Gasteiger partial charge in [0.05, 0.1) is 0 Å². The van der Waals surface area contributed by atoms with Gasteiger partial charge in [0.15, 0.2) is 0 Å². The van der Waals surface area contributed by atoms with Gasteiger partial charge in [0, 0.05) is 6.54 Å². The SMILES string of the molecule is C=CCOC(=O)C(N)CCCCNC(=O)OC(C)(C)C.Cl. The summed E-state index contributed by atoms with van der Waals surface area (Å²) in [5.41, 5.74) is 5.16. The van der Waals surface area contributed by atoms with Gasteiger partial charge in [0.2, 0.25) is 0 Å². The molecular weight excluding hydrogens is 296 g/mol. The number of carbonyl (C=O) groups excluding carboxylic acids is 2. The first-order valence-electron chi connectivity index (χ1n) is 6.76. The van der Waals surface area contributed by atoms with Gasteiger partial charge in [-0.15, -0.1) is 12.4 Å². The molecule has 0 saturated heterocycles. The molecule has 0 radical (unpaired) electrons. The van der Waals surface area contributed by atoms with Crippen molar-refractivity contribution in [1.29, 1.82) is 0 Å². The summed E-state index contributed by atoms with van der Waals surface area (Å²) in [5.74, 6) is -0.426. The van der Waals surface area contributed by atoms with Gasteiger partial charge in [0.1, 0.15) is 18.2 Å². The van der Waals surface area contributed by atoms with Crippen LogP contribution in [0.3, 0.4) is 0 Å². The molecule has 124 valence electrons. The van der Waals surface area contributed by atoms with Crippen molar-refractivity contribution < 1.29 is 19.1 Å². The maximum absolute atomic E-state index is 11.3. The van der Waals surface area contributed by atoms with Crippen molar-refractivity contribution >= 4 is 24.5 Å². The van der Waals surface area contributed by atoms with Crippen LogP contribution < -0.4 is 11.1 Å². The molecule has 1 atom stereocenters. The highest BCUT2D eigenvalue weighted by atomic mass is 35.5. The molecule has 0 bridgehead atoms. The maximum Gasteiger partial charge on any atom is 0.407 e. The standard InChI is InChI=1S/C14H26N2O4.ClH/c1-5-10-19-12(17)11(15)8-6-7-9-16-13(18)20-14(2,3)4;/h5,11H,1,6-10,15H2,2-4H3,(H,16,18);1H. The van der Waals surface area contributed by atoms with Gasteiger partial charge < -0.3 is 20.5 Å². The molecular formula is C14H27ClN2O4. The van der Waals surface area contributed by atoms with Crippen LogP contribution in [0.15, 0.2) is 12.7 Å². The minimum atomic E-state index is -0.628. The van der Waals surface area contributed by atoms with E-state index in [0.717, 1.165) is 12.8 Å². The number of alkyl carbamates (subject to hydrolysis) is 1. The van der Waals surface area contributed by atoms with E-state index in [1.165, 1.54) is 6.08 Å². The number of rotatable bonds is 8. The van der Waals surface area contributed by atoms with E-state index in [0.29, 0.717) is 13.0 Å². The number of carbonyl (C=O) groups is 2. The van der Waals surface area contributed by atoms with E-state index in [2.05, 4.69) is 11.9 Å². The average Bonchev–Trinajstić information content (AvgIpc) is 2.32. The molecule has 0 aliphatic rings. The van der Waals surface area contributed by atoms with Gasteiger partial charge >= 0.3 is 12.1 Å². The Bertz CT molecular complexity index is 329. The summed E-state index contributed by atoms with van der Waals surface area (Å²) < 4.78 is 9.92. The van der Waals surface area contributed by atoms with Gasteiger partial charge in [-0.3, -0.25) is 4.79 Å². The van der Waals surface area contributed by atoms with Gasteiger partial charge in [-0.25, -0.2) is 4.79 Å². The van der Waals surface area contributed by atoms with Crippen molar-refractivity contribution in [3.05, 3.63) is 12.7 Å². The lowest BCUT2D eigenvalue weighted by Crippen LogP contribution is -2.34. The van der Waals surface area contributed by atoms with E-state index in [4.69, 9.17) is 15.2 Å². The second-order valence-electron chi connectivity index (χ2n) is 5.45. The van der Waals surface area contributed by atoms with Gasteiger partial charge in [-0.05, 0) is 40.0 Å². The van der Waals surface area contributed by atoms with E-state index < -0.39 is 23.7 Å². The van der Waals surface area contributed by atoms with E-state index >= 15 is 0 Å². The summed E-state index contributed by atoms with van der Waals surface area (Å²) in [6, 6.07) is -0.628. The number of nitrogens with one attached hydrogen (secondary N) is 1. The Morgan fingerprint density at radius 3 is 2.48 bits per heavy atom. The molecule has 3 N–H and O–H groups in total. The Balaban J connectivity index is 0. The van der Waals surface area contributed by atoms with E-state index in [9.17, 15) is 9.59 Å². The summed E-state index contributed by atoms with van der Waals surface area (Å²) in [5, 5.41) is 2.65. The fourth-order valence-corrected chi connectivity index (χ4v) is 1.36. The van der Waals surface area contributed by atoms with Crippen molar-refractivity contribution in [3.8, 4) is 0 Å². The maximum atomic E-state index is 11.3. The van der Waals surface area contributed by atoms with Crippen LogP contribution in [0.2, 0.25) is 0 Å². The normalized spacial score (nSPS) is 11.8. The fourth-order valence-electron chi connectivity index (χ4n) is 1.36. The first-order chi connectivity index (χ1) is 9.26. The zero-order valence-corrected chi connectivity index (χ0v) is 13.8.